The second-order valence-corrected chi connectivity index (χ2v) is 3.76. The number of benzene rings is 1. The Labute approximate surface area is 137 Å². The number of ether oxygens (including phenoxy) is 1. The topological polar surface area (TPSA) is 122 Å². The van der Waals surface area contributed by atoms with Crippen molar-refractivity contribution >= 4 is 12.1 Å². The summed E-state index contributed by atoms with van der Waals surface area (Å²) in [5.41, 5.74) is 4.19. The Morgan fingerprint density at radius 2 is 2.00 bits per heavy atom. The van der Waals surface area contributed by atoms with Crippen molar-refractivity contribution in [1.82, 2.24) is 4.98 Å². The first-order valence-electron chi connectivity index (χ1n) is 5.75. The number of amides is 1. The van der Waals surface area contributed by atoms with Gasteiger partial charge in [-0.3, -0.25) is 4.98 Å². The monoisotopic (exact) mass is 351 g/mol. The van der Waals surface area contributed by atoms with Crippen molar-refractivity contribution in [2.75, 3.05) is 7.11 Å². The Hall–Kier alpha value is -2.41. The molecule has 0 unspecified atom stereocenters. The zero-order valence-electron chi connectivity index (χ0n) is 11.6. The van der Waals surface area contributed by atoms with Gasteiger partial charge in [-0.1, -0.05) is 17.9 Å². The number of rotatable bonds is 4. The van der Waals surface area contributed by atoms with Crippen molar-refractivity contribution < 1.29 is 37.2 Å². The number of methoxy groups -OCH3 is 1. The van der Waals surface area contributed by atoms with Crippen molar-refractivity contribution in [2.45, 2.75) is 0 Å². The second-order valence-electron chi connectivity index (χ2n) is 3.76. The van der Waals surface area contributed by atoms with Gasteiger partial charge in [0.2, 0.25) is 0 Å². The van der Waals surface area contributed by atoms with Crippen LogP contribution in [0, 0.1) is 0 Å². The predicted octanol–water partition coefficient (Wildman–Crippen LogP) is 0.787. The smallest absolute Gasteiger partial charge is 0.870 e. The Bertz CT molecular complexity index is 635. The van der Waals surface area contributed by atoms with E-state index in [0.717, 1.165) is 0 Å². The van der Waals surface area contributed by atoms with Crippen molar-refractivity contribution in [1.29, 1.82) is 0 Å². The SMILES string of the molecule is COc1cccc(/C=N/[N-]C(=O)c2ccncc2)c1[O-].[Cu+2].[OH3+]. The van der Waals surface area contributed by atoms with E-state index < -0.39 is 5.91 Å². The van der Waals surface area contributed by atoms with Crippen LogP contribution in [0.25, 0.3) is 5.43 Å². The standard InChI is InChI=1S/C14H13N3O3.Cu.H2O/c1-20-12-4-2-3-11(13(12)18)9-16-17-14(19)10-5-7-15-8-6-10;;/h2-9H,1H3,(H2,15,16,17,18,19);;1H2/q;+2;/p-1. The van der Waals surface area contributed by atoms with Crippen LogP contribution >= 0.6 is 0 Å². The summed E-state index contributed by atoms with van der Waals surface area (Å²) < 4.78 is 4.90. The van der Waals surface area contributed by atoms with Gasteiger partial charge in [0.15, 0.2) is 0 Å². The van der Waals surface area contributed by atoms with E-state index >= 15 is 0 Å². The number of hydrogen-bond donors (Lipinski definition) is 0. The van der Waals surface area contributed by atoms with Crippen LogP contribution < -0.4 is 9.84 Å². The average molecular weight is 352 g/mol. The first-order chi connectivity index (χ1) is 9.72. The van der Waals surface area contributed by atoms with Gasteiger partial charge in [0.05, 0.1) is 13.0 Å². The molecule has 1 aromatic carbocycles. The Morgan fingerprint density at radius 1 is 1.32 bits per heavy atom. The molecular weight excluding hydrogens is 338 g/mol. The molecule has 0 bridgehead atoms. The summed E-state index contributed by atoms with van der Waals surface area (Å²) in [6.07, 6.45) is 4.21. The van der Waals surface area contributed by atoms with E-state index in [4.69, 9.17) is 4.74 Å². The van der Waals surface area contributed by atoms with Crippen LogP contribution in [0.3, 0.4) is 0 Å². The van der Waals surface area contributed by atoms with Crippen molar-refractivity contribution in [2.24, 2.45) is 5.10 Å². The third kappa shape index (κ3) is 4.85. The van der Waals surface area contributed by atoms with Crippen molar-refractivity contribution in [3.63, 3.8) is 0 Å². The fourth-order valence-electron chi connectivity index (χ4n) is 1.49. The molecular formula is C14H14CuN3O4+. The molecule has 0 aliphatic rings. The van der Waals surface area contributed by atoms with Crippen molar-refractivity contribution in [3.05, 3.63) is 59.3 Å². The third-order valence-electron chi connectivity index (χ3n) is 2.50. The molecule has 7 nitrogen and oxygen atoms in total. The van der Waals surface area contributed by atoms with E-state index in [1.165, 1.54) is 37.9 Å². The van der Waals surface area contributed by atoms with Crippen LogP contribution in [-0.2, 0) is 22.5 Å². The van der Waals surface area contributed by atoms with Gasteiger partial charge in [-0.15, -0.1) is 0 Å². The number of carbonyl (C=O) groups excluding carboxylic acids is 1. The van der Waals surface area contributed by atoms with Crippen LogP contribution in [0.15, 0.2) is 47.8 Å². The van der Waals surface area contributed by atoms with Crippen LogP contribution in [0.4, 0.5) is 0 Å². The maximum atomic E-state index is 11.8. The fourth-order valence-corrected chi connectivity index (χ4v) is 1.49. The molecule has 0 aliphatic heterocycles. The van der Waals surface area contributed by atoms with E-state index in [2.05, 4.69) is 15.5 Å². The molecule has 2 rings (SSSR count). The maximum absolute atomic E-state index is 11.8. The molecule has 1 aromatic heterocycles. The molecule has 0 fully saturated rings. The quantitative estimate of drug-likeness (QED) is 0.349. The summed E-state index contributed by atoms with van der Waals surface area (Å²) in [7, 11) is 1.41. The van der Waals surface area contributed by atoms with E-state index in [-0.39, 0.29) is 34.0 Å². The van der Waals surface area contributed by atoms with Gasteiger partial charge >= 0.3 is 17.1 Å². The molecule has 22 heavy (non-hydrogen) atoms. The summed E-state index contributed by atoms with van der Waals surface area (Å²) in [6.45, 7) is 0. The number of nitrogens with zero attached hydrogens (tertiary/aromatic N) is 3. The van der Waals surface area contributed by atoms with Gasteiger partial charge < -0.3 is 30.6 Å². The molecule has 1 heterocycles. The molecule has 0 spiro atoms. The van der Waals surface area contributed by atoms with Crippen molar-refractivity contribution in [3.8, 4) is 11.5 Å². The van der Waals surface area contributed by atoms with Gasteiger partial charge in [-0.25, -0.2) is 0 Å². The molecule has 0 aliphatic carbocycles. The Balaban J connectivity index is 0.00000220. The van der Waals surface area contributed by atoms with Gasteiger partial charge in [0, 0.05) is 24.2 Å². The Morgan fingerprint density at radius 3 is 2.64 bits per heavy atom. The number of aromatic nitrogens is 1. The van der Waals surface area contributed by atoms with E-state index in [1.807, 2.05) is 0 Å². The molecule has 0 saturated heterocycles. The van der Waals surface area contributed by atoms with Crippen LogP contribution in [-0.4, -0.2) is 24.2 Å². The fraction of sp³-hybridized carbons (Fsp3) is 0.0714. The largest absolute Gasteiger partial charge is 2.00 e. The number of pyridine rings is 1. The minimum Gasteiger partial charge on any atom is -0.870 e. The first-order valence-corrected chi connectivity index (χ1v) is 5.75. The van der Waals surface area contributed by atoms with Crippen LogP contribution in [0.2, 0.25) is 0 Å². The van der Waals surface area contributed by atoms with Gasteiger partial charge in [0.1, 0.15) is 5.75 Å². The molecule has 0 saturated carbocycles. The summed E-state index contributed by atoms with van der Waals surface area (Å²) >= 11 is 0. The van der Waals surface area contributed by atoms with Crippen LogP contribution in [0.1, 0.15) is 15.9 Å². The second kappa shape index (κ2) is 9.51. The summed E-state index contributed by atoms with van der Waals surface area (Å²) in [5, 5.41) is 15.4. The predicted molar refractivity (Wildman–Crippen MR) is 76.8 cm³/mol. The number of carbonyl (C=O) groups is 1. The van der Waals surface area contributed by atoms with Gasteiger partial charge in [-0.05, 0) is 23.8 Å². The third-order valence-corrected chi connectivity index (χ3v) is 2.50. The minimum atomic E-state index is -0.501. The minimum absolute atomic E-state index is 0. The average Bonchev–Trinajstić information content (AvgIpc) is 2.49. The first kappa shape index (κ1) is 19.6. The molecule has 8 heteroatoms. The summed E-state index contributed by atoms with van der Waals surface area (Å²) in [5.74, 6) is -0.585. The normalized spacial score (nSPS) is 9.50. The summed E-state index contributed by atoms with van der Waals surface area (Å²) in [6, 6.07) is 7.85. The number of para-hydroxylation sites is 1. The van der Waals surface area contributed by atoms with E-state index in [0.29, 0.717) is 11.1 Å². The number of hydrogen-bond acceptors (Lipinski definition) is 5. The maximum Gasteiger partial charge on any atom is 2.00 e. The summed E-state index contributed by atoms with van der Waals surface area (Å²) in [4.78, 5) is 15.4. The zero-order valence-corrected chi connectivity index (χ0v) is 12.5. The van der Waals surface area contributed by atoms with Gasteiger partial charge in [0.25, 0.3) is 0 Å². The Kier molecular flexibility index (Phi) is 8.47. The molecule has 2 aromatic rings. The molecule has 3 N–H and O–H groups in total. The van der Waals surface area contributed by atoms with Crippen LogP contribution in [0.5, 0.6) is 11.5 Å². The molecule has 119 valence electrons. The molecule has 0 atom stereocenters. The van der Waals surface area contributed by atoms with E-state index in [1.54, 1.807) is 18.2 Å². The van der Waals surface area contributed by atoms with Gasteiger partial charge in [-0.2, -0.15) is 0 Å². The zero-order chi connectivity index (χ0) is 14.4. The molecule has 1 radical (unpaired) electrons. The molecule has 1 amide bonds. The van der Waals surface area contributed by atoms with E-state index in [9.17, 15) is 9.90 Å².